The predicted molar refractivity (Wildman–Crippen MR) is 88.9 cm³/mol. The zero-order valence-corrected chi connectivity index (χ0v) is 13.6. The molecule has 3 rings (SSSR count). The Morgan fingerprint density at radius 2 is 2.00 bits per heavy atom. The molecule has 24 heavy (non-hydrogen) atoms. The Hall–Kier alpha value is -2.63. The molecule has 0 spiro atoms. The standard InChI is InChI=1S/C18H21N3O3/c22-17-6-2-1-3-11-21(17)12-13-24-18(23)15-7-8-16(19-14-15)20-9-4-5-10-20/h4-5,7-10,14H,1-3,6,11-13H2. The SMILES string of the molecule is O=C(OCCN1CCCCCC1=O)c1ccc(-n2cccc2)nc1. The number of rotatable bonds is 5. The molecule has 0 aromatic carbocycles. The van der Waals surface area contributed by atoms with Crippen molar-refractivity contribution in [1.29, 1.82) is 0 Å². The fourth-order valence-corrected chi connectivity index (χ4v) is 2.75. The number of esters is 1. The van der Waals surface area contributed by atoms with Crippen LogP contribution in [0.5, 0.6) is 0 Å². The minimum absolute atomic E-state index is 0.154. The molecular formula is C18H21N3O3. The summed E-state index contributed by atoms with van der Waals surface area (Å²) in [4.78, 5) is 30.0. The molecule has 0 atom stereocenters. The Morgan fingerprint density at radius 3 is 2.75 bits per heavy atom. The summed E-state index contributed by atoms with van der Waals surface area (Å²) >= 11 is 0. The van der Waals surface area contributed by atoms with Gasteiger partial charge in [0.2, 0.25) is 5.91 Å². The predicted octanol–water partition coefficient (Wildman–Crippen LogP) is 2.43. The van der Waals surface area contributed by atoms with E-state index >= 15 is 0 Å². The van der Waals surface area contributed by atoms with Crippen LogP contribution in [0, 0.1) is 0 Å². The van der Waals surface area contributed by atoms with E-state index < -0.39 is 5.97 Å². The number of carbonyl (C=O) groups excluding carboxylic acids is 2. The molecule has 3 heterocycles. The molecule has 0 unspecified atom stereocenters. The van der Waals surface area contributed by atoms with Gasteiger partial charge in [-0.05, 0) is 37.1 Å². The highest BCUT2D eigenvalue weighted by atomic mass is 16.5. The minimum atomic E-state index is -0.413. The first-order valence-corrected chi connectivity index (χ1v) is 8.28. The molecule has 0 saturated carbocycles. The summed E-state index contributed by atoms with van der Waals surface area (Å²) in [5, 5.41) is 0. The van der Waals surface area contributed by atoms with E-state index in [4.69, 9.17) is 4.74 Å². The second-order valence-electron chi connectivity index (χ2n) is 5.82. The molecule has 0 N–H and O–H groups in total. The van der Waals surface area contributed by atoms with Crippen molar-refractivity contribution in [2.24, 2.45) is 0 Å². The van der Waals surface area contributed by atoms with Crippen molar-refractivity contribution in [3.63, 3.8) is 0 Å². The quantitative estimate of drug-likeness (QED) is 0.791. The van der Waals surface area contributed by atoms with E-state index in [1.807, 2.05) is 29.1 Å². The van der Waals surface area contributed by atoms with Crippen molar-refractivity contribution in [2.45, 2.75) is 25.7 Å². The van der Waals surface area contributed by atoms with Crippen molar-refractivity contribution in [1.82, 2.24) is 14.5 Å². The van der Waals surface area contributed by atoms with Gasteiger partial charge >= 0.3 is 5.97 Å². The van der Waals surface area contributed by atoms with Crippen molar-refractivity contribution in [2.75, 3.05) is 19.7 Å². The lowest BCUT2D eigenvalue weighted by atomic mass is 10.2. The molecule has 126 valence electrons. The van der Waals surface area contributed by atoms with Crippen molar-refractivity contribution >= 4 is 11.9 Å². The summed E-state index contributed by atoms with van der Waals surface area (Å²) in [6.07, 6.45) is 8.94. The number of aromatic nitrogens is 2. The van der Waals surface area contributed by atoms with Gasteiger partial charge in [-0.15, -0.1) is 0 Å². The van der Waals surface area contributed by atoms with Gasteiger partial charge in [-0.2, -0.15) is 0 Å². The lowest BCUT2D eigenvalue weighted by Crippen LogP contribution is -2.33. The van der Waals surface area contributed by atoms with Crippen LogP contribution in [-0.2, 0) is 9.53 Å². The average Bonchev–Trinajstić information content (AvgIpc) is 3.07. The molecule has 0 aliphatic carbocycles. The van der Waals surface area contributed by atoms with E-state index in [-0.39, 0.29) is 12.5 Å². The fourth-order valence-electron chi connectivity index (χ4n) is 2.75. The maximum atomic E-state index is 12.1. The Labute approximate surface area is 141 Å². The van der Waals surface area contributed by atoms with Gasteiger partial charge in [0, 0.05) is 31.6 Å². The Bertz CT molecular complexity index is 680. The third-order valence-electron chi connectivity index (χ3n) is 4.12. The largest absolute Gasteiger partial charge is 0.460 e. The van der Waals surface area contributed by atoms with Crippen molar-refractivity contribution < 1.29 is 14.3 Å². The molecule has 2 aromatic heterocycles. The summed E-state index contributed by atoms with van der Waals surface area (Å²) in [6, 6.07) is 7.29. The highest BCUT2D eigenvalue weighted by molar-refractivity contribution is 5.89. The molecule has 0 radical (unpaired) electrons. The third-order valence-corrected chi connectivity index (χ3v) is 4.12. The monoisotopic (exact) mass is 327 g/mol. The molecule has 1 amide bonds. The van der Waals surface area contributed by atoms with Crippen LogP contribution in [0.15, 0.2) is 42.9 Å². The molecule has 1 aliphatic rings. The number of pyridine rings is 1. The van der Waals surface area contributed by atoms with Gasteiger partial charge in [0.1, 0.15) is 12.4 Å². The van der Waals surface area contributed by atoms with Crippen molar-refractivity contribution in [3.8, 4) is 5.82 Å². The first-order chi connectivity index (χ1) is 11.7. The summed E-state index contributed by atoms with van der Waals surface area (Å²) in [5.74, 6) is 0.483. The van der Waals surface area contributed by atoms with Gasteiger partial charge in [-0.25, -0.2) is 9.78 Å². The lowest BCUT2D eigenvalue weighted by Gasteiger charge is -2.20. The van der Waals surface area contributed by atoms with Crippen LogP contribution in [0.3, 0.4) is 0 Å². The maximum absolute atomic E-state index is 12.1. The molecule has 1 fully saturated rings. The highest BCUT2D eigenvalue weighted by Gasteiger charge is 2.17. The smallest absolute Gasteiger partial charge is 0.339 e. The minimum Gasteiger partial charge on any atom is -0.460 e. The van der Waals surface area contributed by atoms with Crippen LogP contribution < -0.4 is 0 Å². The third kappa shape index (κ3) is 4.01. The molecule has 1 aliphatic heterocycles. The van der Waals surface area contributed by atoms with Crippen LogP contribution in [-0.4, -0.2) is 46.0 Å². The molecular weight excluding hydrogens is 306 g/mol. The van der Waals surface area contributed by atoms with Crippen LogP contribution >= 0.6 is 0 Å². The fraction of sp³-hybridized carbons (Fsp3) is 0.389. The van der Waals surface area contributed by atoms with E-state index in [1.54, 1.807) is 17.0 Å². The summed E-state index contributed by atoms with van der Waals surface area (Å²) in [7, 11) is 0. The number of nitrogens with zero attached hydrogens (tertiary/aromatic N) is 3. The van der Waals surface area contributed by atoms with E-state index in [0.29, 0.717) is 18.5 Å². The zero-order chi connectivity index (χ0) is 16.8. The highest BCUT2D eigenvalue weighted by Crippen LogP contribution is 2.11. The Balaban J connectivity index is 1.50. The van der Waals surface area contributed by atoms with Gasteiger partial charge in [0.15, 0.2) is 0 Å². The van der Waals surface area contributed by atoms with Crippen molar-refractivity contribution in [3.05, 3.63) is 48.4 Å². The van der Waals surface area contributed by atoms with Crippen LogP contribution in [0.1, 0.15) is 36.0 Å². The summed E-state index contributed by atoms with van der Waals surface area (Å²) < 4.78 is 7.13. The summed E-state index contributed by atoms with van der Waals surface area (Å²) in [6.45, 7) is 1.42. The van der Waals surface area contributed by atoms with Gasteiger partial charge < -0.3 is 14.2 Å². The zero-order valence-electron chi connectivity index (χ0n) is 13.6. The van der Waals surface area contributed by atoms with Crippen LogP contribution in [0.4, 0.5) is 0 Å². The lowest BCUT2D eigenvalue weighted by molar-refractivity contribution is -0.131. The van der Waals surface area contributed by atoms with E-state index in [9.17, 15) is 9.59 Å². The number of hydrogen-bond acceptors (Lipinski definition) is 4. The van der Waals surface area contributed by atoms with Gasteiger partial charge in [-0.1, -0.05) is 6.42 Å². The van der Waals surface area contributed by atoms with Gasteiger partial charge in [0.25, 0.3) is 0 Å². The second-order valence-corrected chi connectivity index (χ2v) is 5.82. The number of carbonyl (C=O) groups is 2. The molecule has 6 heteroatoms. The number of likely N-dealkylation sites (tertiary alicyclic amines) is 1. The van der Waals surface area contributed by atoms with Crippen LogP contribution in [0.2, 0.25) is 0 Å². The Morgan fingerprint density at radius 1 is 1.17 bits per heavy atom. The Kier molecular flexibility index (Phi) is 5.25. The normalized spacial score (nSPS) is 15.2. The van der Waals surface area contributed by atoms with Crippen LogP contribution in [0.25, 0.3) is 5.82 Å². The molecule has 0 bridgehead atoms. The van der Waals surface area contributed by atoms with Gasteiger partial charge in [0.05, 0.1) is 12.1 Å². The first-order valence-electron chi connectivity index (χ1n) is 8.28. The molecule has 2 aromatic rings. The van der Waals surface area contributed by atoms with E-state index in [0.717, 1.165) is 31.6 Å². The van der Waals surface area contributed by atoms with E-state index in [2.05, 4.69) is 4.98 Å². The first kappa shape index (κ1) is 16.2. The van der Waals surface area contributed by atoms with E-state index in [1.165, 1.54) is 6.20 Å². The number of ether oxygens (including phenoxy) is 1. The maximum Gasteiger partial charge on any atom is 0.339 e. The number of hydrogen-bond donors (Lipinski definition) is 0. The topological polar surface area (TPSA) is 64.4 Å². The molecule has 1 saturated heterocycles. The van der Waals surface area contributed by atoms with Gasteiger partial charge in [-0.3, -0.25) is 4.79 Å². The molecule has 6 nitrogen and oxygen atoms in total. The average molecular weight is 327 g/mol. The second kappa shape index (κ2) is 7.77. The number of amides is 1. The summed E-state index contributed by atoms with van der Waals surface area (Å²) in [5.41, 5.74) is 0.410.